The Morgan fingerprint density at radius 3 is 2.84 bits per heavy atom. The molecular weight excluding hydrogens is 531 g/mol. The minimum absolute atomic E-state index is 0.572. The lowest BCUT2D eigenvalue weighted by Crippen LogP contribution is -2.22. The Kier molecular flexibility index (Phi) is 6.34. The van der Waals surface area contributed by atoms with Crippen molar-refractivity contribution in [1.29, 1.82) is 0 Å². The fraction of sp³-hybridized carbons (Fsp3) is 0.333. The van der Waals surface area contributed by atoms with Gasteiger partial charge in [0.2, 0.25) is 5.95 Å². The first-order valence-corrected chi connectivity index (χ1v) is 12.4. The van der Waals surface area contributed by atoms with Crippen molar-refractivity contribution in [3.63, 3.8) is 0 Å². The van der Waals surface area contributed by atoms with Gasteiger partial charge in [-0.25, -0.2) is 9.97 Å². The molecule has 0 unspecified atom stereocenters. The van der Waals surface area contributed by atoms with E-state index < -0.39 is 0 Å². The van der Waals surface area contributed by atoms with Gasteiger partial charge in [-0.05, 0) is 91.7 Å². The number of nitrogens with one attached hydrogen (secondary N) is 2. The molecule has 0 bridgehead atoms. The standard InChI is InChI=1S/C24H25IN6S/c1-15-20(10-16(13-26-15)6-9-31-7-2-3-8-31)29-24-27-14-17-11-22(32)28-21-12-18(25)4-5-19(21)23(17)30-24/h4-5,10,12-14H,2-3,6-9,11H2,1H3,(H,28,32)(H,27,29,30). The number of fused-ring (bicyclic) bond motifs is 3. The van der Waals surface area contributed by atoms with E-state index >= 15 is 0 Å². The molecule has 5 rings (SSSR count). The molecule has 2 N–H and O–H groups in total. The van der Waals surface area contributed by atoms with E-state index in [2.05, 4.69) is 72.4 Å². The Bertz CT molecular complexity index is 1180. The van der Waals surface area contributed by atoms with Crippen LogP contribution in [0.2, 0.25) is 0 Å². The number of thiocarbonyl (C=S) groups is 1. The van der Waals surface area contributed by atoms with Crippen molar-refractivity contribution < 1.29 is 0 Å². The molecule has 8 heteroatoms. The molecule has 2 aliphatic heterocycles. The average Bonchev–Trinajstić information content (AvgIpc) is 3.25. The van der Waals surface area contributed by atoms with Crippen molar-refractivity contribution in [2.24, 2.45) is 0 Å². The van der Waals surface area contributed by atoms with Crippen LogP contribution in [-0.4, -0.2) is 44.5 Å². The number of likely N-dealkylation sites (tertiary alicyclic amines) is 1. The van der Waals surface area contributed by atoms with E-state index in [4.69, 9.17) is 17.2 Å². The number of anilines is 3. The highest BCUT2D eigenvalue weighted by Gasteiger charge is 2.20. The number of hydrogen-bond donors (Lipinski definition) is 2. The molecule has 0 saturated carbocycles. The zero-order chi connectivity index (χ0) is 22.1. The fourth-order valence-corrected chi connectivity index (χ4v) is 5.03. The number of pyridine rings is 1. The van der Waals surface area contributed by atoms with Crippen molar-refractivity contribution in [3.05, 3.63) is 57.1 Å². The van der Waals surface area contributed by atoms with Gasteiger partial charge in [0.15, 0.2) is 0 Å². The van der Waals surface area contributed by atoms with E-state index in [0.29, 0.717) is 12.4 Å². The highest BCUT2D eigenvalue weighted by molar-refractivity contribution is 14.1. The van der Waals surface area contributed by atoms with Crippen LogP contribution in [0.4, 0.5) is 17.3 Å². The van der Waals surface area contributed by atoms with Crippen LogP contribution >= 0.6 is 34.8 Å². The Balaban J connectivity index is 1.42. The van der Waals surface area contributed by atoms with Gasteiger partial charge in [-0.3, -0.25) is 4.98 Å². The van der Waals surface area contributed by atoms with Crippen molar-refractivity contribution in [2.45, 2.75) is 32.6 Å². The topological polar surface area (TPSA) is 66.0 Å². The second-order valence-electron chi connectivity index (χ2n) is 8.38. The predicted octanol–water partition coefficient (Wildman–Crippen LogP) is 5.13. The van der Waals surface area contributed by atoms with Gasteiger partial charge in [-0.2, -0.15) is 0 Å². The van der Waals surface area contributed by atoms with Gasteiger partial charge < -0.3 is 15.5 Å². The van der Waals surface area contributed by atoms with Gasteiger partial charge in [0.25, 0.3) is 0 Å². The van der Waals surface area contributed by atoms with E-state index in [0.717, 1.165) is 55.4 Å². The predicted molar refractivity (Wildman–Crippen MR) is 142 cm³/mol. The third-order valence-corrected chi connectivity index (χ3v) is 6.95. The molecule has 6 nitrogen and oxygen atoms in total. The van der Waals surface area contributed by atoms with Crippen LogP contribution in [-0.2, 0) is 12.8 Å². The van der Waals surface area contributed by atoms with Crippen LogP contribution < -0.4 is 10.6 Å². The van der Waals surface area contributed by atoms with Crippen LogP contribution in [0.1, 0.15) is 29.7 Å². The molecule has 32 heavy (non-hydrogen) atoms. The van der Waals surface area contributed by atoms with Crippen molar-refractivity contribution in [3.8, 4) is 11.3 Å². The highest BCUT2D eigenvalue weighted by Crippen LogP contribution is 2.34. The van der Waals surface area contributed by atoms with Gasteiger partial charge >= 0.3 is 0 Å². The minimum atomic E-state index is 0.572. The summed E-state index contributed by atoms with van der Waals surface area (Å²) in [5.41, 5.74) is 7.10. The quantitative estimate of drug-likeness (QED) is 0.334. The zero-order valence-electron chi connectivity index (χ0n) is 18.0. The number of halogens is 1. The summed E-state index contributed by atoms with van der Waals surface area (Å²) in [5, 5.41) is 6.77. The average molecular weight is 556 g/mol. The Hall–Kier alpha value is -2.17. The molecule has 0 aliphatic carbocycles. The zero-order valence-corrected chi connectivity index (χ0v) is 21.0. The molecule has 4 heterocycles. The van der Waals surface area contributed by atoms with Crippen molar-refractivity contribution >= 4 is 57.1 Å². The van der Waals surface area contributed by atoms with Crippen LogP contribution in [0.15, 0.2) is 36.7 Å². The second kappa shape index (κ2) is 9.36. The molecule has 164 valence electrons. The van der Waals surface area contributed by atoms with E-state index in [1.165, 1.54) is 31.5 Å². The number of benzene rings is 1. The molecule has 2 aliphatic rings. The van der Waals surface area contributed by atoms with Gasteiger partial charge in [-0.1, -0.05) is 12.2 Å². The first-order chi connectivity index (χ1) is 15.5. The summed E-state index contributed by atoms with van der Waals surface area (Å²) >= 11 is 7.84. The SMILES string of the molecule is Cc1ncc(CCN2CCCC2)cc1Nc1ncc2c(n1)-c1ccc(I)cc1NC(=S)C2. The van der Waals surface area contributed by atoms with Gasteiger partial charge in [0, 0.05) is 45.7 Å². The summed E-state index contributed by atoms with van der Waals surface area (Å²) in [6.07, 6.45) is 8.13. The Morgan fingerprint density at radius 2 is 2.00 bits per heavy atom. The van der Waals surface area contributed by atoms with Gasteiger partial charge in [-0.15, -0.1) is 0 Å². The van der Waals surface area contributed by atoms with Crippen LogP contribution in [0.5, 0.6) is 0 Å². The monoisotopic (exact) mass is 556 g/mol. The first-order valence-electron chi connectivity index (χ1n) is 11.0. The lowest BCUT2D eigenvalue weighted by Gasteiger charge is -2.15. The molecule has 0 spiro atoms. The van der Waals surface area contributed by atoms with E-state index in [1.807, 2.05) is 19.3 Å². The normalized spacial score (nSPS) is 15.6. The third-order valence-electron chi connectivity index (χ3n) is 6.03. The summed E-state index contributed by atoms with van der Waals surface area (Å²) in [5.74, 6) is 0.572. The summed E-state index contributed by atoms with van der Waals surface area (Å²) in [6.45, 7) is 5.52. The number of rotatable bonds is 5. The number of aromatic nitrogens is 3. The van der Waals surface area contributed by atoms with Gasteiger partial charge in [0.1, 0.15) is 0 Å². The number of nitrogens with zero attached hydrogens (tertiary/aromatic N) is 4. The lowest BCUT2D eigenvalue weighted by atomic mass is 10.1. The Morgan fingerprint density at radius 1 is 1.16 bits per heavy atom. The molecule has 0 atom stereocenters. The lowest BCUT2D eigenvalue weighted by molar-refractivity contribution is 0.343. The molecule has 2 aromatic heterocycles. The molecule has 3 aromatic rings. The summed E-state index contributed by atoms with van der Waals surface area (Å²) < 4.78 is 1.15. The van der Waals surface area contributed by atoms with E-state index in [1.54, 1.807) is 0 Å². The number of aryl methyl sites for hydroxylation is 1. The highest BCUT2D eigenvalue weighted by atomic mass is 127. The summed E-state index contributed by atoms with van der Waals surface area (Å²) in [4.78, 5) is 17.4. The first kappa shape index (κ1) is 21.7. The smallest absolute Gasteiger partial charge is 0.227 e. The fourth-order valence-electron chi connectivity index (χ4n) is 4.28. The van der Waals surface area contributed by atoms with Crippen LogP contribution in [0.3, 0.4) is 0 Å². The molecular formula is C24H25IN6S. The molecule has 1 aromatic carbocycles. The molecule has 1 fully saturated rings. The number of hydrogen-bond acceptors (Lipinski definition) is 6. The minimum Gasteiger partial charge on any atom is -0.349 e. The van der Waals surface area contributed by atoms with Crippen LogP contribution in [0, 0.1) is 10.5 Å². The second-order valence-corrected chi connectivity index (χ2v) is 10.1. The molecule has 0 amide bonds. The molecule has 0 radical (unpaired) electrons. The largest absolute Gasteiger partial charge is 0.349 e. The van der Waals surface area contributed by atoms with Gasteiger partial charge in [0.05, 0.1) is 22.1 Å². The van der Waals surface area contributed by atoms with E-state index in [9.17, 15) is 0 Å². The maximum atomic E-state index is 5.53. The van der Waals surface area contributed by atoms with Crippen LogP contribution in [0.25, 0.3) is 11.3 Å². The maximum absolute atomic E-state index is 5.53. The Labute approximate surface area is 207 Å². The third kappa shape index (κ3) is 4.77. The van der Waals surface area contributed by atoms with E-state index in [-0.39, 0.29) is 0 Å². The molecule has 1 saturated heterocycles. The van der Waals surface area contributed by atoms with Crippen molar-refractivity contribution in [1.82, 2.24) is 19.9 Å². The summed E-state index contributed by atoms with van der Waals surface area (Å²) in [7, 11) is 0. The van der Waals surface area contributed by atoms with Crippen molar-refractivity contribution in [2.75, 3.05) is 30.3 Å². The maximum Gasteiger partial charge on any atom is 0.227 e. The summed E-state index contributed by atoms with van der Waals surface area (Å²) in [6, 6.07) is 8.47.